The average molecular weight is 309 g/mol. The van der Waals surface area contributed by atoms with E-state index in [1.807, 2.05) is 25.1 Å². The maximum absolute atomic E-state index is 11.9. The summed E-state index contributed by atoms with van der Waals surface area (Å²) in [7, 11) is 1.54. The Hall–Kier alpha value is -2.08. The number of carbonyl (C=O) groups is 2. The van der Waals surface area contributed by atoms with Crippen LogP contribution < -0.4 is 10.1 Å². The lowest BCUT2D eigenvalue weighted by Gasteiger charge is -2.18. The van der Waals surface area contributed by atoms with Crippen molar-refractivity contribution >= 4 is 11.9 Å². The van der Waals surface area contributed by atoms with E-state index in [1.54, 1.807) is 20.1 Å². The van der Waals surface area contributed by atoms with E-state index in [2.05, 4.69) is 5.32 Å². The number of carbonyl (C=O) groups excluding carboxylic acids is 2. The lowest BCUT2D eigenvalue weighted by Crippen LogP contribution is -2.39. The van der Waals surface area contributed by atoms with Gasteiger partial charge >= 0.3 is 5.97 Å². The van der Waals surface area contributed by atoms with Crippen LogP contribution in [0, 0.1) is 6.92 Å². The van der Waals surface area contributed by atoms with Crippen LogP contribution in [-0.4, -0.2) is 44.3 Å². The van der Waals surface area contributed by atoms with Crippen LogP contribution in [0.1, 0.15) is 19.4 Å². The molecular formula is C16H23NO5. The molecule has 0 spiro atoms. The van der Waals surface area contributed by atoms with E-state index in [1.165, 1.54) is 6.92 Å². The highest BCUT2D eigenvalue weighted by Crippen LogP contribution is 2.14. The van der Waals surface area contributed by atoms with Crippen LogP contribution in [0.3, 0.4) is 0 Å². The SMILES string of the molecule is COCCNC(=O)[C@@H](C)OC(=O)[C@H](C)Oc1cccc(C)c1. The van der Waals surface area contributed by atoms with Crippen LogP contribution in [0.5, 0.6) is 5.75 Å². The first kappa shape index (κ1) is 18.0. The van der Waals surface area contributed by atoms with Gasteiger partial charge in [-0.1, -0.05) is 12.1 Å². The molecule has 0 radical (unpaired) electrons. The van der Waals surface area contributed by atoms with Crippen molar-refractivity contribution in [2.45, 2.75) is 33.0 Å². The lowest BCUT2D eigenvalue weighted by molar-refractivity contribution is -0.160. The van der Waals surface area contributed by atoms with Crippen LogP contribution in [0.25, 0.3) is 0 Å². The molecule has 0 aliphatic heterocycles. The van der Waals surface area contributed by atoms with Crippen LogP contribution in [0.4, 0.5) is 0 Å². The van der Waals surface area contributed by atoms with E-state index in [4.69, 9.17) is 14.2 Å². The fourth-order valence-corrected chi connectivity index (χ4v) is 1.68. The first-order chi connectivity index (χ1) is 10.4. The number of benzene rings is 1. The van der Waals surface area contributed by atoms with Crippen molar-refractivity contribution in [2.24, 2.45) is 0 Å². The fraction of sp³-hybridized carbons (Fsp3) is 0.500. The number of aryl methyl sites for hydroxylation is 1. The van der Waals surface area contributed by atoms with Gasteiger partial charge in [0, 0.05) is 13.7 Å². The molecule has 0 saturated heterocycles. The van der Waals surface area contributed by atoms with Crippen molar-refractivity contribution in [1.29, 1.82) is 0 Å². The molecule has 6 nitrogen and oxygen atoms in total. The van der Waals surface area contributed by atoms with Crippen molar-refractivity contribution < 1.29 is 23.8 Å². The van der Waals surface area contributed by atoms with E-state index in [9.17, 15) is 9.59 Å². The number of hydrogen-bond donors (Lipinski definition) is 1. The molecule has 1 amide bonds. The molecule has 0 fully saturated rings. The number of nitrogens with one attached hydrogen (secondary N) is 1. The molecule has 22 heavy (non-hydrogen) atoms. The van der Waals surface area contributed by atoms with Crippen LogP contribution in [0.2, 0.25) is 0 Å². The van der Waals surface area contributed by atoms with E-state index in [-0.39, 0.29) is 5.91 Å². The van der Waals surface area contributed by atoms with E-state index in [0.29, 0.717) is 18.9 Å². The Balaban J connectivity index is 2.44. The Labute approximate surface area is 130 Å². The van der Waals surface area contributed by atoms with Crippen LogP contribution in [0.15, 0.2) is 24.3 Å². The molecule has 0 heterocycles. The molecule has 1 aromatic rings. The maximum Gasteiger partial charge on any atom is 0.347 e. The van der Waals surface area contributed by atoms with Crippen LogP contribution in [-0.2, 0) is 19.1 Å². The van der Waals surface area contributed by atoms with Crippen molar-refractivity contribution in [3.8, 4) is 5.75 Å². The van der Waals surface area contributed by atoms with Gasteiger partial charge in [0.15, 0.2) is 12.2 Å². The van der Waals surface area contributed by atoms with Gasteiger partial charge in [-0.3, -0.25) is 4.79 Å². The number of esters is 1. The zero-order valence-electron chi connectivity index (χ0n) is 13.4. The van der Waals surface area contributed by atoms with Gasteiger partial charge in [0.1, 0.15) is 5.75 Å². The third kappa shape index (κ3) is 6.13. The Morgan fingerprint density at radius 3 is 2.59 bits per heavy atom. The second-order valence-corrected chi connectivity index (χ2v) is 4.94. The topological polar surface area (TPSA) is 73.9 Å². The molecule has 0 saturated carbocycles. The summed E-state index contributed by atoms with van der Waals surface area (Å²) in [6.07, 6.45) is -1.68. The van der Waals surface area contributed by atoms with Crippen LogP contribution >= 0.6 is 0 Å². The largest absolute Gasteiger partial charge is 0.479 e. The van der Waals surface area contributed by atoms with Crippen molar-refractivity contribution in [3.63, 3.8) is 0 Å². The van der Waals surface area contributed by atoms with Crippen molar-refractivity contribution in [1.82, 2.24) is 5.32 Å². The van der Waals surface area contributed by atoms with Crippen molar-refractivity contribution in [2.75, 3.05) is 20.3 Å². The normalized spacial score (nSPS) is 13.1. The summed E-state index contributed by atoms with van der Waals surface area (Å²) in [6, 6.07) is 7.36. The minimum Gasteiger partial charge on any atom is -0.479 e. The first-order valence-corrected chi connectivity index (χ1v) is 7.14. The van der Waals surface area contributed by atoms with Gasteiger partial charge in [0.05, 0.1) is 6.61 Å². The Morgan fingerprint density at radius 2 is 1.95 bits per heavy atom. The molecule has 1 aromatic carbocycles. The summed E-state index contributed by atoms with van der Waals surface area (Å²) in [4.78, 5) is 23.6. The van der Waals surface area contributed by atoms with Gasteiger partial charge < -0.3 is 19.5 Å². The smallest absolute Gasteiger partial charge is 0.347 e. The molecule has 0 aliphatic carbocycles. The predicted molar refractivity (Wildman–Crippen MR) is 81.7 cm³/mol. The zero-order valence-corrected chi connectivity index (χ0v) is 13.4. The predicted octanol–water partition coefficient (Wildman–Crippen LogP) is 1.46. The summed E-state index contributed by atoms with van der Waals surface area (Å²) in [5, 5.41) is 2.60. The minimum atomic E-state index is -0.882. The molecule has 0 aromatic heterocycles. The lowest BCUT2D eigenvalue weighted by atomic mass is 10.2. The average Bonchev–Trinajstić information content (AvgIpc) is 2.47. The zero-order chi connectivity index (χ0) is 16.5. The maximum atomic E-state index is 11.9. The molecule has 0 aliphatic rings. The summed E-state index contributed by atoms with van der Waals surface area (Å²) < 4.78 is 15.4. The molecule has 2 atom stereocenters. The molecular weight excluding hydrogens is 286 g/mol. The van der Waals surface area contributed by atoms with Gasteiger partial charge in [-0.15, -0.1) is 0 Å². The minimum absolute atomic E-state index is 0.367. The Morgan fingerprint density at radius 1 is 1.23 bits per heavy atom. The molecule has 6 heteroatoms. The van der Waals surface area contributed by atoms with E-state index in [0.717, 1.165) is 5.56 Å². The molecule has 0 unspecified atom stereocenters. The number of hydrogen-bond acceptors (Lipinski definition) is 5. The third-order valence-corrected chi connectivity index (χ3v) is 2.90. The summed E-state index contributed by atoms with van der Waals surface area (Å²) in [5.74, 6) is -0.370. The third-order valence-electron chi connectivity index (χ3n) is 2.90. The number of methoxy groups -OCH3 is 1. The monoisotopic (exact) mass is 309 g/mol. The van der Waals surface area contributed by atoms with Gasteiger partial charge in [-0.2, -0.15) is 0 Å². The van der Waals surface area contributed by atoms with Gasteiger partial charge in [0.2, 0.25) is 0 Å². The highest BCUT2D eigenvalue weighted by atomic mass is 16.6. The number of amides is 1. The number of rotatable bonds is 8. The van der Waals surface area contributed by atoms with Gasteiger partial charge in [-0.05, 0) is 38.5 Å². The van der Waals surface area contributed by atoms with Gasteiger partial charge in [0.25, 0.3) is 5.91 Å². The Kier molecular flexibility index (Phi) is 7.39. The highest BCUT2D eigenvalue weighted by molar-refractivity contribution is 5.84. The fourth-order valence-electron chi connectivity index (χ4n) is 1.68. The summed E-state index contributed by atoms with van der Waals surface area (Å²) >= 11 is 0. The second kappa shape index (κ2) is 9.04. The molecule has 1 rings (SSSR count). The first-order valence-electron chi connectivity index (χ1n) is 7.14. The summed E-state index contributed by atoms with van der Waals surface area (Å²) in [5.41, 5.74) is 1.03. The second-order valence-electron chi connectivity index (χ2n) is 4.94. The van der Waals surface area contributed by atoms with E-state index >= 15 is 0 Å². The highest BCUT2D eigenvalue weighted by Gasteiger charge is 2.22. The molecule has 0 bridgehead atoms. The van der Waals surface area contributed by atoms with E-state index < -0.39 is 18.2 Å². The summed E-state index contributed by atoms with van der Waals surface area (Å²) in [6.45, 7) is 5.80. The number of ether oxygens (including phenoxy) is 3. The molecule has 122 valence electrons. The standard InChI is InChI=1S/C16H23NO5/c1-11-6-5-7-14(10-11)21-13(3)16(19)22-12(2)15(18)17-8-9-20-4/h5-7,10,12-13H,8-9H2,1-4H3,(H,17,18)/t12-,13+/m1/s1. The van der Waals surface area contributed by atoms with Crippen molar-refractivity contribution in [3.05, 3.63) is 29.8 Å². The van der Waals surface area contributed by atoms with Gasteiger partial charge in [-0.25, -0.2) is 4.79 Å². The Bertz CT molecular complexity index is 503. The molecule has 1 N–H and O–H groups in total. The quantitative estimate of drug-likeness (QED) is 0.581.